The Balaban J connectivity index is 2.05. The summed E-state index contributed by atoms with van der Waals surface area (Å²) in [4.78, 5) is 11.7. The fraction of sp³-hybridized carbons (Fsp3) is 0.143. The molecule has 0 aliphatic heterocycles. The van der Waals surface area contributed by atoms with Crippen LogP contribution in [-0.2, 0) is 12.7 Å². The molecule has 0 aromatic carbocycles. The third kappa shape index (κ3) is 2.96. The molecule has 0 aliphatic carbocycles. The van der Waals surface area contributed by atoms with Crippen LogP contribution in [-0.4, -0.2) is 19.5 Å². The summed E-state index contributed by atoms with van der Waals surface area (Å²) in [7, 11) is 0. The molecule has 0 aliphatic rings. The summed E-state index contributed by atoms with van der Waals surface area (Å²) in [6, 6.07) is 7.16. The molecule has 0 spiro atoms. The molecule has 0 N–H and O–H groups in total. The van der Waals surface area contributed by atoms with Gasteiger partial charge in [0, 0.05) is 6.20 Å². The van der Waals surface area contributed by atoms with Gasteiger partial charge in [-0.15, -0.1) is 0 Å². The average molecular weight is 338 g/mol. The second-order valence-corrected chi connectivity index (χ2v) is 4.99. The van der Waals surface area contributed by atoms with Gasteiger partial charge in [0.1, 0.15) is 17.3 Å². The molecular weight excluding hydrogens is 331 g/mol. The van der Waals surface area contributed by atoms with E-state index < -0.39 is 11.9 Å². The summed E-state index contributed by atoms with van der Waals surface area (Å²) in [5.41, 5.74) is 0.167. The van der Waals surface area contributed by atoms with Crippen LogP contribution in [0.25, 0.3) is 11.2 Å². The first-order chi connectivity index (χ1) is 10.9. The number of fused-ring (bicyclic) bond motifs is 1. The van der Waals surface area contributed by atoms with E-state index in [1.807, 2.05) is 6.07 Å². The Labute approximate surface area is 133 Å². The highest BCUT2D eigenvalue weighted by molar-refractivity contribution is 6.29. The molecule has 116 valence electrons. The zero-order chi connectivity index (χ0) is 16.6. The van der Waals surface area contributed by atoms with E-state index in [9.17, 15) is 13.2 Å². The number of nitriles is 1. The number of rotatable bonds is 2. The van der Waals surface area contributed by atoms with Crippen LogP contribution in [0.4, 0.5) is 13.2 Å². The van der Waals surface area contributed by atoms with Crippen LogP contribution < -0.4 is 0 Å². The topological polar surface area (TPSA) is 67.4 Å². The molecule has 3 heterocycles. The number of aromatic nitrogens is 4. The van der Waals surface area contributed by atoms with Gasteiger partial charge >= 0.3 is 6.18 Å². The van der Waals surface area contributed by atoms with E-state index in [4.69, 9.17) is 16.9 Å². The Morgan fingerprint density at radius 3 is 2.57 bits per heavy atom. The largest absolute Gasteiger partial charge is 0.433 e. The van der Waals surface area contributed by atoms with E-state index in [0.717, 1.165) is 6.07 Å². The number of imidazole rings is 1. The smallest absolute Gasteiger partial charge is 0.293 e. The lowest BCUT2D eigenvalue weighted by Gasteiger charge is -2.07. The second-order valence-electron chi connectivity index (χ2n) is 4.65. The predicted molar refractivity (Wildman–Crippen MR) is 75.6 cm³/mol. The minimum atomic E-state index is -4.55. The molecule has 0 saturated carbocycles. The molecule has 3 aromatic heterocycles. The lowest BCUT2D eigenvalue weighted by Crippen LogP contribution is -2.09. The van der Waals surface area contributed by atoms with Crippen LogP contribution in [0.5, 0.6) is 0 Å². The number of halogens is 4. The van der Waals surface area contributed by atoms with E-state index in [0.29, 0.717) is 11.3 Å². The first kappa shape index (κ1) is 15.2. The highest BCUT2D eigenvalue weighted by Gasteiger charge is 2.33. The molecule has 23 heavy (non-hydrogen) atoms. The van der Waals surface area contributed by atoms with Crippen molar-refractivity contribution in [2.45, 2.75) is 12.7 Å². The van der Waals surface area contributed by atoms with E-state index >= 15 is 0 Å². The van der Waals surface area contributed by atoms with Gasteiger partial charge in [-0.3, -0.25) is 9.55 Å². The average Bonchev–Trinajstić information content (AvgIpc) is 2.82. The van der Waals surface area contributed by atoms with Gasteiger partial charge in [0.05, 0.1) is 17.8 Å². The fourth-order valence-electron chi connectivity index (χ4n) is 2.02. The molecule has 0 saturated heterocycles. The third-order valence-corrected chi connectivity index (χ3v) is 3.40. The molecule has 9 heteroatoms. The van der Waals surface area contributed by atoms with Gasteiger partial charge in [-0.2, -0.15) is 18.4 Å². The monoisotopic (exact) mass is 337 g/mol. The van der Waals surface area contributed by atoms with Crippen molar-refractivity contribution in [1.29, 1.82) is 5.26 Å². The molecule has 3 rings (SSSR count). The Kier molecular flexibility index (Phi) is 3.66. The number of hydrogen-bond donors (Lipinski definition) is 0. The standard InChI is InChI=1S/C14H7ClF3N5/c15-13-21-10-3-4-11(14(16,17)18)22-12(10)23(13)7-9-2-1-8(5-19)6-20-9/h1-4,6H,7H2. The molecule has 0 bridgehead atoms. The van der Waals surface area contributed by atoms with Crippen molar-refractivity contribution in [2.75, 3.05) is 0 Å². The maximum atomic E-state index is 12.8. The molecule has 0 radical (unpaired) electrons. The van der Waals surface area contributed by atoms with Crippen LogP contribution in [0.3, 0.4) is 0 Å². The molecule has 3 aromatic rings. The highest BCUT2D eigenvalue weighted by atomic mass is 35.5. The quantitative estimate of drug-likeness (QED) is 0.718. The minimum absolute atomic E-state index is 0.0120. The van der Waals surface area contributed by atoms with Gasteiger partial charge in [0.15, 0.2) is 5.65 Å². The Morgan fingerprint density at radius 2 is 1.96 bits per heavy atom. The van der Waals surface area contributed by atoms with Gasteiger partial charge in [-0.25, -0.2) is 9.97 Å². The van der Waals surface area contributed by atoms with Crippen molar-refractivity contribution in [1.82, 2.24) is 19.5 Å². The highest BCUT2D eigenvalue weighted by Crippen LogP contribution is 2.29. The summed E-state index contributed by atoms with van der Waals surface area (Å²) in [5.74, 6) is 0. The van der Waals surface area contributed by atoms with Gasteiger partial charge in [0.2, 0.25) is 5.28 Å². The summed E-state index contributed by atoms with van der Waals surface area (Å²) in [6.45, 7) is 0.0926. The number of pyridine rings is 2. The molecule has 5 nitrogen and oxygen atoms in total. The maximum absolute atomic E-state index is 12.8. The fourth-order valence-corrected chi connectivity index (χ4v) is 2.25. The molecule has 0 atom stereocenters. The normalized spacial score (nSPS) is 11.6. The summed E-state index contributed by atoms with van der Waals surface area (Å²) >= 11 is 5.99. The number of alkyl halides is 3. The van der Waals surface area contributed by atoms with E-state index in [2.05, 4.69) is 15.0 Å². The van der Waals surface area contributed by atoms with Crippen molar-refractivity contribution in [2.24, 2.45) is 0 Å². The van der Waals surface area contributed by atoms with Crippen LogP contribution in [0.1, 0.15) is 17.0 Å². The zero-order valence-electron chi connectivity index (χ0n) is 11.3. The van der Waals surface area contributed by atoms with Crippen molar-refractivity contribution in [3.8, 4) is 6.07 Å². The summed E-state index contributed by atoms with van der Waals surface area (Å²) in [5, 5.41) is 8.75. The molecule has 0 unspecified atom stereocenters. The van der Waals surface area contributed by atoms with Gasteiger partial charge in [-0.1, -0.05) is 0 Å². The SMILES string of the molecule is N#Cc1ccc(Cn2c(Cl)nc3ccc(C(F)(F)F)nc32)nc1. The van der Waals surface area contributed by atoms with Gasteiger partial charge < -0.3 is 0 Å². The van der Waals surface area contributed by atoms with Gasteiger partial charge in [-0.05, 0) is 35.9 Å². The minimum Gasteiger partial charge on any atom is -0.293 e. The van der Waals surface area contributed by atoms with Crippen molar-refractivity contribution >= 4 is 22.8 Å². The lowest BCUT2D eigenvalue weighted by molar-refractivity contribution is -0.141. The van der Waals surface area contributed by atoms with Crippen LogP contribution in [0.15, 0.2) is 30.5 Å². The van der Waals surface area contributed by atoms with Crippen molar-refractivity contribution in [3.63, 3.8) is 0 Å². The van der Waals surface area contributed by atoms with E-state index in [1.54, 1.807) is 12.1 Å². The predicted octanol–water partition coefficient (Wildman–Crippen LogP) is 3.42. The van der Waals surface area contributed by atoms with Crippen LogP contribution in [0, 0.1) is 11.3 Å². The molecular formula is C14H7ClF3N5. The second kappa shape index (κ2) is 5.52. The zero-order valence-corrected chi connectivity index (χ0v) is 12.1. The first-order valence-corrected chi connectivity index (χ1v) is 6.71. The molecule has 0 fully saturated rings. The van der Waals surface area contributed by atoms with Crippen LogP contribution in [0.2, 0.25) is 5.28 Å². The maximum Gasteiger partial charge on any atom is 0.433 e. The van der Waals surface area contributed by atoms with Crippen LogP contribution >= 0.6 is 11.6 Å². The Hall–Kier alpha value is -2.66. The summed E-state index contributed by atoms with van der Waals surface area (Å²) in [6.07, 6.45) is -3.18. The van der Waals surface area contributed by atoms with E-state index in [1.165, 1.54) is 16.8 Å². The first-order valence-electron chi connectivity index (χ1n) is 6.33. The Morgan fingerprint density at radius 1 is 1.17 bits per heavy atom. The third-order valence-electron chi connectivity index (χ3n) is 3.11. The Bertz CT molecular complexity index is 909. The summed E-state index contributed by atoms with van der Waals surface area (Å²) < 4.78 is 39.7. The lowest BCUT2D eigenvalue weighted by atomic mass is 10.2. The number of hydrogen-bond acceptors (Lipinski definition) is 4. The van der Waals surface area contributed by atoms with Crippen molar-refractivity contribution in [3.05, 3.63) is 52.7 Å². The molecule has 0 amide bonds. The van der Waals surface area contributed by atoms with E-state index in [-0.39, 0.29) is 23.0 Å². The van der Waals surface area contributed by atoms with Crippen molar-refractivity contribution < 1.29 is 13.2 Å². The van der Waals surface area contributed by atoms with Gasteiger partial charge in [0.25, 0.3) is 0 Å². The number of nitrogens with zero attached hydrogens (tertiary/aromatic N) is 5.